The van der Waals surface area contributed by atoms with Crippen LogP contribution in [0, 0.1) is 0 Å². The second-order valence-electron chi connectivity index (χ2n) is 25.0. The monoisotopic (exact) mass is 1050 g/mol. The van der Waals surface area contributed by atoms with Crippen molar-refractivity contribution in [2.24, 2.45) is 0 Å². The minimum Gasteiger partial charge on any atom is -0.456 e. The van der Waals surface area contributed by atoms with Crippen LogP contribution >= 0.6 is 11.3 Å². The van der Waals surface area contributed by atoms with E-state index in [1.165, 1.54) is 81.8 Å². The number of anilines is 9. The van der Waals surface area contributed by atoms with Gasteiger partial charge in [-0.15, -0.1) is 11.3 Å². The molecule has 0 amide bonds. The quantitative estimate of drug-likeness (QED) is 0.148. The molecule has 0 atom stereocenters. The number of rotatable bonds is 7. The highest BCUT2D eigenvalue weighted by Crippen LogP contribution is 2.52. The van der Waals surface area contributed by atoms with Gasteiger partial charge in [-0.25, -0.2) is 0 Å². The maximum absolute atomic E-state index is 6.49. The first kappa shape index (κ1) is 49.7. The van der Waals surface area contributed by atoms with Crippen molar-refractivity contribution in [3.05, 3.63) is 241 Å². The molecule has 2 aliphatic rings. The number of hydrogen-bond donors (Lipinski definition) is 0. The molecule has 4 heterocycles. The summed E-state index contributed by atoms with van der Waals surface area (Å²) in [5.74, 6) is 0. The lowest BCUT2D eigenvalue weighted by Crippen LogP contribution is -2.60. The third-order valence-electron chi connectivity index (χ3n) is 16.7. The number of benzene rings is 10. The van der Waals surface area contributed by atoms with E-state index in [1.807, 2.05) is 11.3 Å². The highest BCUT2D eigenvalue weighted by Gasteiger charge is 2.46. The number of furan rings is 1. The van der Waals surface area contributed by atoms with Gasteiger partial charge in [0.15, 0.2) is 0 Å². The first-order chi connectivity index (χ1) is 38.6. The zero-order valence-corrected chi connectivity index (χ0v) is 47.9. The number of nitrogens with zero attached hydrogens (tertiary/aromatic N) is 3. The molecule has 4 nitrogen and oxygen atoms in total. The molecule has 0 saturated carbocycles. The Labute approximate surface area is 475 Å². The van der Waals surface area contributed by atoms with Crippen molar-refractivity contribution >= 4 is 117 Å². The summed E-state index contributed by atoms with van der Waals surface area (Å²) < 4.78 is 9.11. The van der Waals surface area contributed by atoms with Crippen molar-refractivity contribution in [3.63, 3.8) is 0 Å². The van der Waals surface area contributed by atoms with E-state index in [1.54, 1.807) is 0 Å². The number of fused-ring (bicyclic) bond motifs is 9. The van der Waals surface area contributed by atoms with Crippen LogP contribution in [0.3, 0.4) is 0 Å². The van der Waals surface area contributed by atoms with Gasteiger partial charge < -0.3 is 19.1 Å². The lowest BCUT2D eigenvalue weighted by Gasteiger charge is -2.44. The van der Waals surface area contributed by atoms with Gasteiger partial charge in [-0.3, -0.25) is 0 Å². The molecule has 10 aromatic carbocycles. The van der Waals surface area contributed by atoms with Gasteiger partial charge in [-0.2, -0.15) is 0 Å². The SMILES string of the molecule is CC(C)(C)c1ccc(N(c2ccc3c(c2)N(c2ccc(C(C)(C)C)cc2-c2ccccc2)c2cccc4c2B3c2sc3ccc(C(C)(C)C)cc3c2N4c2ccc3oc4ccccc4c3c2)c2ccccc2-c2ccccc2)cc1. The Balaban J connectivity index is 1.08. The van der Waals surface area contributed by atoms with Gasteiger partial charge in [0.1, 0.15) is 11.2 Å². The van der Waals surface area contributed by atoms with Crippen molar-refractivity contribution in [2.45, 2.75) is 78.6 Å². The molecule has 0 N–H and O–H groups in total. The molecule has 2 aliphatic heterocycles. The molecule has 0 saturated heterocycles. The summed E-state index contributed by atoms with van der Waals surface area (Å²) in [6, 6.07) is 84.0. The van der Waals surface area contributed by atoms with Gasteiger partial charge in [0.25, 0.3) is 6.71 Å². The van der Waals surface area contributed by atoms with Crippen LogP contribution in [0.4, 0.5) is 51.2 Å². The van der Waals surface area contributed by atoms with Crippen LogP contribution in [0.2, 0.25) is 0 Å². The summed E-state index contributed by atoms with van der Waals surface area (Å²) in [4.78, 5) is 7.67. The molecule has 6 heteroatoms. The van der Waals surface area contributed by atoms with Gasteiger partial charge in [0.05, 0.1) is 17.1 Å². The smallest absolute Gasteiger partial charge is 0.264 e. The van der Waals surface area contributed by atoms with Crippen LogP contribution in [0.25, 0.3) is 54.3 Å². The molecule has 0 aliphatic carbocycles. The lowest BCUT2D eigenvalue weighted by atomic mass is 9.36. The van der Waals surface area contributed by atoms with Crippen molar-refractivity contribution in [3.8, 4) is 22.3 Å². The van der Waals surface area contributed by atoms with Crippen LogP contribution in [-0.2, 0) is 16.2 Å². The minimum atomic E-state index is -0.0770. The Morgan fingerprint density at radius 1 is 0.412 bits per heavy atom. The summed E-state index contributed by atoms with van der Waals surface area (Å²) in [5, 5.41) is 3.50. The largest absolute Gasteiger partial charge is 0.456 e. The van der Waals surface area contributed by atoms with Crippen molar-refractivity contribution in [1.29, 1.82) is 0 Å². The van der Waals surface area contributed by atoms with E-state index in [4.69, 9.17) is 4.42 Å². The van der Waals surface area contributed by atoms with Gasteiger partial charge in [0, 0.05) is 70.9 Å². The lowest BCUT2D eigenvalue weighted by molar-refractivity contribution is 0.590. The van der Waals surface area contributed by atoms with Gasteiger partial charge >= 0.3 is 0 Å². The summed E-state index contributed by atoms with van der Waals surface area (Å²) in [6.45, 7) is 20.7. The molecule has 12 aromatic rings. The third-order valence-corrected chi connectivity index (χ3v) is 17.9. The molecular weight excluding hydrogens is 990 g/mol. The van der Waals surface area contributed by atoms with Crippen LogP contribution in [0.5, 0.6) is 0 Å². The maximum atomic E-state index is 6.49. The van der Waals surface area contributed by atoms with Crippen molar-refractivity contribution < 1.29 is 4.42 Å². The predicted octanol–water partition coefficient (Wildman–Crippen LogP) is 19.6. The average molecular weight is 1050 g/mol. The molecule has 390 valence electrons. The van der Waals surface area contributed by atoms with E-state index in [-0.39, 0.29) is 23.0 Å². The zero-order valence-electron chi connectivity index (χ0n) is 47.1. The van der Waals surface area contributed by atoms with E-state index in [9.17, 15) is 0 Å². The van der Waals surface area contributed by atoms with Gasteiger partial charge in [0.2, 0.25) is 0 Å². The fraction of sp³-hybridized carbons (Fsp3) is 0.162. The second kappa shape index (κ2) is 18.5. The first-order valence-electron chi connectivity index (χ1n) is 28.2. The Kier molecular flexibility index (Phi) is 11.5. The molecule has 0 radical (unpaired) electrons. The Morgan fingerprint density at radius 2 is 1.01 bits per heavy atom. The molecule has 2 aromatic heterocycles. The Bertz CT molecular complexity index is 4380. The standard InChI is InChI=1S/C74H64BN3OS/c1-72(2,3)49-31-35-52(36-32-49)76(61-27-18-16-25-55(61)47-21-12-10-13-22-47)54-37-39-60-65(46-54)78(62-40-33-50(73(4,5)6)43-57(62)48-23-14-11-15-24-48)64-29-20-28-63-69(64)75(60)71-70(59-44-51(74(7,8)9)34-42-68(59)80-71)77(63)53-38-41-67-58(45-53)56-26-17-19-30-66(56)79-67/h10-46H,1-9H3. The van der Waals surface area contributed by atoms with E-state index in [0.29, 0.717) is 0 Å². The van der Waals surface area contributed by atoms with Crippen LogP contribution in [0.1, 0.15) is 79.0 Å². The van der Waals surface area contributed by atoms with Crippen LogP contribution < -0.4 is 30.4 Å². The molecule has 0 unspecified atom stereocenters. The van der Waals surface area contributed by atoms with E-state index in [0.717, 1.165) is 56.1 Å². The number of hydrogen-bond acceptors (Lipinski definition) is 5. The number of para-hydroxylation sites is 2. The van der Waals surface area contributed by atoms with E-state index >= 15 is 0 Å². The predicted molar refractivity (Wildman–Crippen MR) is 345 cm³/mol. The molecular formula is C74H64BN3OS. The summed E-state index contributed by atoms with van der Waals surface area (Å²) in [6.07, 6.45) is 0. The normalized spacial score (nSPS) is 13.2. The zero-order chi connectivity index (χ0) is 54.8. The van der Waals surface area contributed by atoms with Crippen molar-refractivity contribution in [2.75, 3.05) is 14.7 Å². The second-order valence-corrected chi connectivity index (χ2v) is 26.1. The highest BCUT2D eigenvalue weighted by molar-refractivity contribution is 7.33. The molecule has 0 fully saturated rings. The fourth-order valence-corrected chi connectivity index (χ4v) is 13.8. The molecule has 80 heavy (non-hydrogen) atoms. The minimum absolute atomic E-state index is 0.00140. The highest BCUT2D eigenvalue weighted by atomic mass is 32.1. The summed E-state index contributed by atoms with van der Waals surface area (Å²) in [7, 11) is 0. The van der Waals surface area contributed by atoms with Gasteiger partial charge in [-0.05, 0) is 146 Å². The third kappa shape index (κ3) is 8.17. The Morgan fingerprint density at radius 3 is 1.74 bits per heavy atom. The molecule has 0 spiro atoms. The Hall–Kier alpha value is -8.58. The van der Waals surface area contributed by atoms with Gasteiger partial charge in [-0.1, -0.05) is 196 Å². The molecule has 0 bridgehead atoms. The fourth-order valence-electron chi connectivity index (χ4n) is 12.5. The van der Waals surface area contributed by atoms with E-state index < -0.39 is 0 Å². The summed E-state index contributed by atoms with van der Waals surface area (Å²) >= 11 is 1.95. The maximum Gasteiger partial charge on any atom is 0.264 e. The average Bonchev–Trinajstić information content (AvgIpc) is 3.55. The van der Waals surface area contributed by atoms with E-state index in [2.05, 4.69) is 301 Å². The van der Waals surface area contributed by atoms with Crippen LogP contribution in [0.15, 0.2) is 229 Å². The summed E-state index contributed by atoms with van der Waals surface area (Å²) in [5.41, 5.74) is 23.1. The molecule has 14 rings (SSSR count). The first-order valence-corrected chi connectivity index (χ1v) is 29.0. The van der Waals surface area contributed by atoms with Crippen molar-refractivity contribution in [1.82, 2.24) is 0 Å². The topological polar surface area (TPSA) is 22.9 Å². The number of thiophene rings is 1. The van der Waals surface area contributed by atoms with Crippen LogP contribution in [-0.4, -0.2) is 6.71 Å².